The van der Waals surface area contributed by atoms with Crippen molar-refractivity contribution in [3.63, 3.8) is 0 Å². The number of benzene rings is 1. The van der Waals surface area contributed by atoms with E-state index in [4.69, 9.17) is 16.3 Å². The topological polar surface area (TPSA) is 66.8 Å². The van der Waals surface area contributed by atoms with Crippen molar-refractivity contribution in [2.45, 2.75) is 25.8 Å². The summed E-state index contributed by atoms with van der Waals surface area (Å²) in [6, 6.07) is 4.95. The van der Waals surface area contributed by atoms with Crippen LogP contribution in [0.5, 0.6) is 5.75 Å². The zero-order valence-electron chi connectivity index (χ0n) is 12.8. The lowest BCUT2D eigenvalue weighted by Crippen LogP contribution is -2.50. The van der Waals surface area contributed by atoms with Crippen molar-refractivity contribution in [1.29, 1.82) is 0 Å². The highest BCUT2D eigenvalue weighted by atomic mass is 35.5. The van der Waals surface area contributed by atoms with Gasteiger partial charge in [-0.25, -0.2) is 0 Å². The van der Waals surface area contributed by atoms with Gasteiger partial charge in [0.15, 0.2) is 0 Å². The van der Waals surface area contributed by atoms with Crippen LogP contribution in [0.15, 0.2) is 23.8 Å². The Labute approximate surface area is 139 Å². The molecule has 1 amide bonds. The highest BCUT2D eigenvalue weighted by Gasteiger charge is 2.36. The number of amides is 1. The van der Waals surface area contributed by atoms with E-state index in [1.165, 1.54) is 0 Å². The summed E-state index contributed by atoms with van der Waals surface area (Å²) >= 11 is 5.98. The molecular weight excluding hydrogens is 318 g/mol. The smallest absolute Gasteiger partial charge is 0.308 e. The molecular formula is C17H18ClNO4. The lowest BCUT2D eigenvalue weighted by atomic mass is 9.89. The first kappa shape index (κ1) is 15.9. The number of carbonyl (C=O) groups is 2. The van der Waals surface area contributed by atoms with Gasteiger partial charge in [0.25, 0.3) is 5.91 Å². The van der Waals surface area contributed by atoms with Crippen molar-refractivity contribution in [3.8, 4) is 5.75 Å². The first-order valence-corrected chi connectivity index (χ1v) is 8.02. The predicted octanol–water partition coefficient (Wildman–Crippen LogP) is 2.83. The summed E-state index contributed by atoms with van der Waals surface area (Å²) in [7, 11) is 0. The molecule has 5 nitrogen and oxygen atoms in total. The lowest BCUT2D eigenvalue weighted by molar-refractivity contribution is -0.148. The molecule has 3 rings (SSSR count). The summed E-state index contributed by atoms with van der Waals surface area (Å²) < 4.78 is 5.62. The standard InChI is InChI=1S/C17H18ClNO4/c1-10-14(17(21)22)3-2-6-19(10)16(20)12-7-11-8-13(18)4-5-15(11)23-9-12/h4-5,7-8,10,14H,2-3,6,9H2,1H3,(H,21,22)/t10-,14-/m1/s1. The molecule has 1 saturated heterocycles. The van der Waals surface area contributed by atoms with Gasteiger partial charge in [-0.2, -0.15) is 0 Å². The second-order valence-electron chi connectivity index (χ2n) is 5.97. The fraction of sp³-hybridized carbons (Fsp3) is 0.412. The largest absolute Gasteiger partial charge is 0.488 e. The van der Waals surface area contributed by atoms with Gasteiger partial charge < -0.3 is 14.7 Å². The Balaban J connectivity index is 1.84. The summed E-state index contributed by atoms with van der Waals surface area (Å²) in [6.45, 7) is 2.56. The minimum Gasteiger partial charge on any atom is -0.488 e. The van der Waals surface area contributed by atoms with Gasteiger partial charge in [0, 0.05) is 23.2 Å². The third kappa shape index (κ3) is 3.06. The van der Waals surface area contributed by atoms with Crippen LogP contribution in [-0.2, 0) is 9.59 Å². The Bertz CT molecular complexity index is 685. The number of hydrogen-bond acceptors (Lipinski definition) is 3. The Morgan fingerprint density at radius 1 is 1.39 bits per heavy atom. The number of carboxylic acid groups (broad SMARTS) is 1. The van der Waals surface area contributed by atoms with E-state index in [-0.39, 0.29) is 18.6 Å². The number of nitrogens with zero attached hydrogens (tertiary/aromatic N) is 1. The van der Waals surface area contributed by atoms with Crippen molar-refractivity contribution >= 4 is 29.6 Å². The molecule has 1 aromatic carbocycles. The minimum atomic E-state index is -0.846. The van der Waals surface area contributed by atoms with Crippen LogP contribution in [0.1, 0.15) is 25.3 Å². The zero-order chi connectivity index (χ0) is 16.6. The number of ether oxygens (including phenoxy) is 1. The maximum Gasteiger partial charge on any atom is 0.308 e. The molecule has 1 aromatic rings. The van der Waals surface area contributed by atoms with Crippen LogP contribution in [0.25, 0.3) is 6.08 Å². The van der Waals surface area contributed by atoms with Gasteiger partial charge in [-0.15, -0.1) is 0 Å². The highest BCUT2D eigenvalue weighted by Crippen LogP contribution is 2.31. The minimum absolute atomic E-state index is 0.158. The molecule has 0 aromatic heterocycles. The van der Waals surface area contributed by atoms with E-state index in [0.29, 0.717) is 35.7 Å². The first-order chi connectivity index (χ1) is 11.0. The van der Waals surface area contributed by atoms with E-state index in [0.717, 1.165) is 5.56 Å². The van der Waals surface area contributed by atoms with Crippen molar-refractivity contribution < 1.29 is 19.4 Å². The molecule has 0 aliphatic carbocycles. The van der Waals surface area contributed by atoms with Gasteiger partial charge in [-0.1, -0.05) is 11.6 Å². The summed E-state index contributed by atoms with van der Waals surface area (Å²) in [6.07, 6.45) is 3.09. The molecule has 2 aliphatic heterocycles. The number of fused-ring (bicyclic) bond motifs is 1. The molecule has 6 heteroatoms. The summed E-state index contributed by atoms with van der Waals surface area (Å²) in [5, 5.41) is 9.87. The summed E-state index contributed by atoms with van der Waals surface area (Å²) in [5.74, 6) is -0.823. The SMILES string of the molecule is C[C@@H]1[C@H](C(=O)O)CCCN1C(=O)C1=Cc2cc(Cl)ccc2OC1. The highest BCUT2D eigenvalue weighted by molar-refractivity contribution is 6.30. The summed E-state index contributed by atoms with van der Waals surface area (Å²) in [5.41, 5.74) is 1.30. The molecule has 2 heterocycles. The van der Waals surface area contributed by atoms with Gasteiger partial charge in [-0.05, 0) is 44.0 Å². The fourth-order valence-corrected chi connectivity index (χ4v) is 3.40. The Morgan fingerprint density at radius 3 is 2.91 bits per heavy atom. The van der Waals surface area contributed by atoms with Crippen molar-refractivity contribution in [2.75, 3.05) is 13.2 Å². The maximum absolute atomic E-state index is 12.8. The lowest BCUT2D eigenvalue weighted by Gasteiger charge is -2.38. The monoisotopic (exact) mass is 335 g/mol. The molecule has 23 heavy (non-hydrogen) atoms. The van der Waals surface area contributed by atoms with Crippen LogP contribution in [-0.4, -0.2) is 41.1 Å². The van der Waals surface area contributed by atoms with Crippen LogP contribution in [0.2, 0.25) is 5.02 Å². The number of aliphatic carboxylic acids is 1. The number of piperidine rings is 1. The number of likely N-dealkylation sites (tertiary alicyclic amines) is 1. The quantitative estimate of drug-likeness (QED) is 0.902. The second kappa shape index (κ2) is 6.24. The van der Waals surface area contributed by atoms with Crippen LogP contribution in [0.4, 0.5) is 0 Å². The third-order valence-corrected chi connectivity index (χ3v) is 4.76. The number of hydrogen-bond donors (Lipinski definition) is 1. The van der Waals surface area contributed by atoms with Crippen molar-refractivity contribution in [2.24, 2.45) is 5.92 Å². The fourth-order valence-electron chi connectivity index (χ4n) is 3.22. The van der Waals surface area contributed by atoms with E-state index < -0.39 is 11.9 Å². The van der Waals surface area contributed by atoms with Crippen LogP contribution < -0.4 is 4.74 Å². The van der Waals surface area contributed by atoms with Gasteiger partial charge in [-0.3, -0.25) is 9.59 Å². The molecule has 122 valence electrons. The van der Waals surface area contributed by atoms with E-state index in [9.17, 15) is 14.7 Å². The maximum atomic E-state index is 12.8. The van der Waals surface area contributed by atoms with Crippen LogP contribution in [0, 0.1) is 5.92 Å². The third-order valence-electron chi connectivity index (χ3n) is 4.53. The van der Waals surface area contributed by atoms with Gasteiger partial charge in [0.1, 0.15) is 12.4 Å². The van der Waals surface area contributed by atoms with E-state index >= 15 is 0 Å². The Morgan fingerprint density at radius 2 is 2.17 bits per heavy atom. The molecule has 2 atom stereocenters. The molecule has 1 fully saturated rings. The van der Waals surface area contributed by atoms with Gasteiger partial charge in [0.05, 0.1) is 11.5 Å². The van der Waals surface area contributed by atoms with Gasteiger partial charge >= 0.3 is 5.97 Å². The second-order valence-corrected chi connectivity index (χ2v) is 6.40. The molecule has 0 unspecified atom stereocenters. The number of rotatable bonds is 2. The number of halogens is 1. The van der Waals surface area contributed by atoms with Crippen LogP contribution >= 0.6 is 11.6 Å². The van der Waals surface area contributed by atoms with E-state index in [1.807, 2.05) is 0 Å². The molecule has 1 N–H and O–H groups in total. The molecule has 0 bridgehead atoms. The van der Waals surface area contributed by atoms with Crippen molar-refractivity contribution in [3.05, 3.63) is 34.4 Å². The molecule has 0 radical (unpaired) electrons. The molecule has 0 saturated carbocycles. The number of carbonyl (C=O) groups excluding carboxylic acids is 1. The van der Waals surface area contributed by atoms with Crippen LogP contribution in [0.3, 0.4) is 0 Å². The predicted molar refractivity (Wildman–Crippen MR) is 86.5 cm³/mol. The average molecular weight is 336 g/mol. The number of carboxylic acids is 1. The normalized spacial score (nSPS) is 23.6. The average Bonchev–Trinajstić information content (AvgIpc) is 2.53. The van der Waals surface area contributed by atoms with Crippen molar-refractivity contribution in [1.82, 2.24) is 4.90 Å². The molecule has 0 spiro atoms. The van der Waals surface area contributed by atoms with E-state index in [2.05, 4.69) is 0 Å². The zero-order valence-corrected chi connectivity index (χ0v) is 13.5. The van der Waals surface area contributed by atoms with Gasteiger partial charge in [0.2, 0.25) is 0 Å². The molecule has 2 aliphatic rings. The van der Waals surface area contributed by atoms with E-state index in [1.54, 1.807) is 36.1 Å². The first-order valence-electron chi connectivity index (χ1n) is 7.64. The summed E-state index contributed by atoms with van der Waals surface area (Å²) in [4.78, 5) is 25.7. The Kier molecular flexibility index (Phi) is 4.31. The Hall–Kier alpha value is -2.01.